The number of para-hydroxylation sites is 2. The van der Waals surface area contributed by atoms with Crippen LogP contribution in [0.15, 0.2) is 36.9 Å². The number of benzene rings is 1. The molecule has 2 aromatic rings. The van der Waals surface area contributed by atoms with Gasteiger partial charge >= 0.3 is 0 Å². The Hall–Kier alpha value is -1.57. The van der Waals surface area contributed by atoms with Gasteiger partial charge in [0.25, 0.3) is 0 Å². The Labute approximate surface area is 96.6 Å². The van der Waals surface area contributed by atoms with E-state index in [1.165, 1.54) is 5.52 Å². The number of hydrogen-bond donors (Lipinski definition) is 0. The SMILES string of the molecule is C=CC(C)n1c(CCC)nc2ccccc21. The van der Waals surface area contributed by atoms with Gasteiger partial charge in [0.1, 0.15) is 5.82 Å². The number of aromatic nitrogens is 2. The van der Waals surface area contributed by atoms with Gasteiger partial charge in [-0.15, -0.1) is 6.58 Å². The molecule has 0 radical (unpaired) electrons. The highest BCUT2D eigenvalue weighted by atomic mass is 15.1. The van der Waals surface area contributed by atoms with Crippen molar-refractivity contribution in [1.82, 2.24) is 9.55 Å². The standard InChI is InChI=1S/C14H18N2/c1-4-8-14-15-12-9-6-7-10-13(12)16(14)11(3)5-2/h5-7,9-11H,2,4,8H2,1,3H3. The van der Waals surface area contributed by atoms with E-state index in [4.69, 9.17) is 0 Å². The number of fused-ring (bicyclic) bond motifs is 1. The first-order valence-corrected chi connectivity index (χ1v) is 5.86. The average molecular weight is 214 g/mol. The number of allylic oxidation sites excluding steroid dienone is 1. The normalized spacial score (nSPS) is 12.9. The minimum Gasteiger partial charge on any atom is -0.321 e. The summed E-state index contributed by atoms with van der Waals surface area (Å²) < 4.78 is 2.28. The third-order valence-corrected chi connectivity index (χ3v) is 2.89. The van der Waals surface area contributed by atoms with E-state index in [0.29, 0.717) is 6.04 Å². The molecule has 0 fully saturated rings. The van der Waals surface area contributed by atoms with E-state index in [9.17, 15) is 0 Å². The molecule has 0 amide bonds. The third kappa shape index (κ3) is 1.75. The van der Waals surface area contributed by atoms with Crippen LogP contribution >= 0.6 is 0 Å². The lowest BCUT2D eigenvalue weighted by Crippen LogP contribution is -2.06. The molecule has 0 bridgehead atoms. The maximum atomic E-state index is 4.69. The smallest absolute Gasteiger partial charge is 0.110 e. The zero-order valence-electron chi connectivity index (χ0n) is 9.98. The Morgan fingerprint density at radius 1 is 1.44 bits per heavy atom. The van der Waals surface area contributed by atoms with Crippen LogP contribution in [0.5, 0.6) is 0 Å². The summed E-state index contributed by atoms with van der Waals surface area (Å²) >= 11 is 0. The van der Waals surface area contributed by atoms with Crippen molar-refractivity contribution in [3.05, 3.63) is 42.7 Å². The second-order valence-electron chi connectivity index (χ2n) is 4.11. The summed E-state index contributed by atoms with van der Waals surface area (Å²) in [6.07, 6.45) is 4.10. The predicted octanol–water partition coefficient (Wildman–Crippen LogP) is 3.74. The summed E-state index contributed by atoms with van der Waals surface area (Å²) in [5.41, 5.74) is 2.29. The van der Waals surface area contributed by atoms with Gasteiger partial charge < -0.3 is 4.57 Å². The van der Waals surface area contributed by atoms with Crippen molar-refractivity contribution in [2.75, 3.05) is 0 Å². The maximum absolute atomic E-state index is 4.69. The van der Waals surface area contributed by atoms with E-state index >= 15 is 0 Å². The predicted molar refractivity (Wildman–Crippen MR) is 68.6 cm³/mol. The lowest BCUT2D eigenvalue weighted by Gasteiger charge is -2.13. The Morgan fingerprint density at radius 2 is 2.19 bits per heavy atom. The largest absolute Gasteiger partial charge is 0.321 e. The second kappa shape index (κ2) is 4.52. The van der Waals surface area contributed by atoms with Crippen LogP contribution < -0.4 is 0 Å². The van der Waals surface area contributed by atoms with E-state index in [-0.39, 0.29) is 0 Å². The van der Waals surface area contributed by atoms with E-state index in [1.807, 2.05) is 12.1 Å². The molecule has 0 saturated heterocycles. The molecule has 0 spiro atoms. The molecule has 0 aliphatic heterocycles. The van der Waals surface area contributed by atoms with Gasteiger partial charge in [0.2, 0.25) is 0 Å². The van der Waals surface area contributed by atoms with Crippen molar-refractivity contribution in [1.29, 1.82) is 0 Å². The lowest BCUT2D eigenvalue weighted by molar-refractivity contribution is 0.630. The van der Waals surface area contributed by atoms with Crippen LogP contribution in [0.3, 0.4) is 0 Å². The number of aryl methyl sites for hydroxylation is 1. The van der Waals surface area contributed by atoms with E-state index in [1.54, 1.807) is 0 Å². The first kappa shape index (κ1) is 10.9. The van der Waals surface area contributed by atoms with Gasteiger partial charge in [-0.05, 0) is 25.5 Å². The van der Waals surface area contributed by atoms with Gasteiger partial charge in [-0.25, -0.2) is 4.98 Å². The summed E-state index contributed by atoms with van der Waals surface area (Å²) in [6, 6.07) is 8.59. The molecular formula is C14H18N2. The zero-order valence-corrected chi connectivity index (χ0v) is 9.98. The molecule has 0 N–H and O–H groups in total. The van der Waals surface area contributed by atoms with E-state index in [2.05, 4.69) is 48.2 Å². The molecule has 0 aliphatic carbocycles. The maximum Gasteiger partial charge on any atom is 0.110 e. The van der Waals surface area contributed by atoms with Crippen molar-refractivity contribution >= 4 is 11.0 Å². The Bertz CT molecular complexity index is 496. The van der Waals surface area contributed by atoms with Gasteiger partial charge in [-0.1, -0.05) is 25.1 Å². The molecule has 0 saturated carbocycles. The van der Waals surface area contributed by atoms with Crippen molar-refractivity contribution in [2.45, 2.75) is 32.7 Å². The van der Waals surface area contributed by atoms with Crippen LogP contribution in [-0.4, -0.2) is 9.55 Å². The molecule has 2 heteroatoms. The Morgan fingerprint density at radius 3 is 2.88 bits per heavy atom. The summed E-state index contributed by atoms with van der Waals surface area (Å²) in [6.45, 7) is 8.21. The molecule has 2 nitrogen and oxygen atoms in total. The van der Waals surface area contributed by atoms with Gasteiger partial charge in [-0.3, -0.25) is 0 Å². The number of rotatable bonds is 4. The van der Waals surface area contributed by atoms with Crippen molar-refractivity contribution < 1.29 is 0 Å². The highest BCUT2D eigenvalue weighted by molar-refractivity contribution is 5.76. The summed E-state index contributed by atoms with van der Waals surface area (Å²) in [4.78, 5) is 4.69. The number of imidazole rings is 1. The van der Waals surface area contributed by atoms with Gasteiger partial charge in [0.15, 0.2) is 0 Å². The quantitative estimate of drug-likeness (QED) is 0.709. The molecule has 84 valence electrons. The molecular weight excluding hydrogens is 196 g/mol. The van der Waals surface area contributed by atoms with Gasteiger partial charge in [-0.2, -0.15) is 0 Å². The highest BCUT2D eigenvalue weighted by Crippen LogP contribution is 2.22. The molecule has 1 aromatic heterocycles. The average Bonchev–Trinajstić information content (AvgIpc) is 2.66. The monoisotopic (exact) mass is 214 g/mol. The van der Waals surface area contributed by atoms with Crippen LogP contribution in [0, 0.1) is 0 Å². The minimum absolute atomic E-state index is 0.300. The fourth-order valence-corrected chi connectivity index (χ4v) is 2.05. The fraction of sp³-hybridized carbons (Fsp3) is 0.357. The molecule has 1 atom stereocenters. The number of nitrogens with zero attached hydrogens (tertiary/aromatic N) is 2. The van der Waals surface area contributed by atoms with E-state index in [0.717, 1.165) is 24.2 Å². The van der Waals surface area contributed by atoms with Crippen LogP contribution in [0.1, 0.15) is 32.1 Å². The van der Waals surface area contributed by atoms with Crippen molar-refractivity contribution in [3.8, 4) is 0 Å². The molecule has 16 heavy (non-hydrogen) atoms. The highest BCUT2D eigenvalue weighted by Gasteiger charge is 2.12. The topological polar surface area (TPSA) is 17.8 Å². The first-order chi connectivity index (χ1) is 7.77. The zero-order chi connectivity index (χ0) is 11.5. The van der Waals surface area contributed by atoms with Crippen LogP contribution in [-0.2, 0) is 6.42 Å². The van der Waals surface area contributed by atoms with Crippen LogP contribution in [0.2, 0.25) is 0 Å². The van der Waals surface area contributed by atoms with Crippen LogP contribution in [0.25, 0.3) is 11.0 Å². The molecule has 1 aromatic carbocycles. The second-order valence-corrected chi connectivity index (χ2v) is 4.11. The first-order valence-electron chi connectivity index (χ1n) is 5.86. The van der Waals surface area contributed by atoms with Crippen LogP contribution in [0.4, 0.5) is 0 Å². The minimum atomic E-state index is 0.300. The molecule has 0 aliphatic rings. The number of hydrogen-bond acceptors (Lipinski definition) is 1. The van der Waals surface area contributed by atoms with Gasteiger partial charge in [0, 0.05) is 6.42 Å². The van der Waals surface area contributed by atoms with E-state index < -0.39 is 0 Å². The summed E-state index contributed by atoms with van der Waals surface area (Å²) in [7, 11) is 0. The third-order valence-electron chi connectivity index (χ3n) is 2.89. The summed E-state index contributed by atoms with van der Waals surface area (Å²) in [5, 5.41) is 0. The van der Waals surface area contributed by atoms with Crippen molar-refractivity contribution in [2.24, 2.45) is 0 Å². The summed E-state index contributed by atoms with van der Waals surface area (Å²) in [5.74, 6) is 1.16. The fourth-order valence-electron chi connectivity index (χ4n) is 2.05. The lowest BCUT2D eigenvalue weighted by atomic mass is 10.2. The molecule has 2 rings (SSSR count). The Kier molecular flexibility index (Phi) is 3.09. The molecule has 1 unspecified atom stereocenters. The molecule has 1 heterocycles. The van der Waals surface area contributed by atoms with Gasteiger partial charge in [0.05, 0.1) is 17.1 Å². The van der Waals surface area contributed by atoms with Crippen molar-refractivity contribution in [3.63, 3.8) is 0 Å². The Balaban J connectivity index is 2.63.